The lowest BCUT2D eigenvalue weighted by Gasteiger charge is -2.15. The van der Waals surface area contributed by atoms with Gasteiger partial charge in [0.25, 0.3) is 5.91 Å². The second-order valence-electron chi connectivity index (χ2n) is 9.57. The summed E-state index contributed by atoms with van der Waals surface area (Å²) in [6, 6.07) is 21.6. The summed E-state index contributed by atoms with van der Waals surface area (Å²) in [4.78, 5) is 15.8. The predicted molar refractivity (Wildman–Crippen MR) is 173 cm³/mol. The standard InChI is InChI=1S/C33H31N3O4S2/c1-5-17-40-27-14-12-24(18-22(27)2)31-25(21-36(34-31)26-9-7-6-8-10-26)20-30-32(37)35(33(41)42-30)16-15-23-11-13-28(38-3)29(19-23)39-4/h5-14,18-21H,1,15-17H2,2-4H3/b30-20-. The molecular weight excluding hydrogens is 567 g/mol. The number of benzene rings is 3. The third-order valence-electron chi connectivity index (χ3n) is 6.80. The molecule has 2 heterocycles. The fourth-order valence-corrected chi connectivity index (χ4v) is 5.95. The summed E-state index contributed by atoms with van der Waals surface area (Å²) in [5, 5.41) is 4.92. The molecule has 1 saturated heterocycles. The molecule has 3 aromatic carbocycles. The molecule has 7 nitrogen and oxygen atoms in total. The smallest absolute Gasteiger partial charge is 0.266 e. The van der Waals surface area contributed by atoms with Crippen molar-refractivity contribution in [3.63, 3.8) is 0 Å². The number of rotatable bonds is 11. The Labute approximate surface area is 255 Å². The van der Waals surface area contributed by atoms with Gasteiger partial charge in [0, 0.05) is 23.9 Å². The van der Waals surface area contributed by atoms with Crippen molar-refractivity contribution in [1.29, 1.82) is 0 Å². The summed E-state index contributed by atoms with van der Waals surface area (Å²) in [5.41, 5.74) is 5.42. The minimum absolute atomic E-state index is 0.117. The Morgan fingerprint density at radius 2 is 1.76 bits per heavy atom. The summed E-state index contributed by atoms with van der Waals surface area (Å²) in [7, 11) is 3.21. The molecule has 0 N–H and O–H groups in total. The van der Waals surface area contributed by atoms with E-state index in [-0.39, 0.29) is 5.91 Å². The van der Waals surface area contributed by atoms with Crippen LogP contribution in [0.5, 0.6) is 17.2 Å². The number of amides is 1. The number of carbonyl (C=O) groups is 1. The SMILES string of the molecule is C=CCOc1ccc(-c2nn(-c3ccccc3)cc2/C=C2\SC(=S)N(CCc3ccc(OC)c(OC)c3)C2=O)cc1C. The van der Waals surface area contributed by atoms with Gasteiger partial charge in [-0.05, 0) is 73.0 Å². The summed E-state index contributed by atoms with van der Waals surface area (Å²) >= 11 is 6.94. The normalized spacial score (nSPS) is 14.0. The minimum atomic E-state index is -0.117. The quantitative estimate of drug-likeness (QED) is 0.106. The van der Waals surface area contributed by atoms with E-state index in [1.54, 1.807) is 25.2 Å². The largest absolute Gasteiger partial charge is 0.493 e. The Bertz CT molecular complexity index is 1660. The van der Waals surface area contributed by atoms with Gasteiger partial charge < -0.3 is 14.2 Å². The monoisotopic (exact) mass is 597 g/mol. The van der Waals surface area contributed by atoms with Gasteiger partial charge in [-0.2, -0.15) is 5.10 Å². The van der Waals surface area contributed by atoms with Gasteiger partial charge in [0.2, 0.25) is 0 Å². The number of hydrogen-bond donors (Lipinski definition) is 0. The molecular formula is C33H31N3O4S2. The first-order valence-corrected chi connectivity index (χ1v) is 14.6. The molecule has 1 fully saturated rings. The van der Waals surface area contributed by atoms with Gasteiger partial charge in [0.05, 0.1) is 24.8 Å². The van der Waals surface area contributed by atoms with Crippen molar-refractivity contribution in [3.8, 4) is 34.2 Å². The third-order valence-corrected chi connectivity index (χ3v) is 8.18. The summed E-state index contributed by atoms with van der Waals surface area (Å²) < 4.78 is 18.9. The van der Waals surface area contributed by atoms with Crippen LogP contribution in [-0.2, 0) is 11.2 Å². The molecule has 0 aliphatic carbocycles. The molecule has 9 heteroatoms. The van der Waals surface area contributed by atoms with Crippen molar-refractivity contribution in [2.24, 2.45) is 0 Å². The first-order chi connectivity index (χ1) is 20.4. The number of aryl methyl sites for hydroxylation is 1. The topological polar surface area (TPSA) is 65.8 Å². The Hall–Kier alpha value is -4.34. The highest BCUT2D eigenvalue weighted by Gasteiger charge is 2.32. The number of para-hydroxylation sites is 1. The number of thiocarbonyl (C=S) groups is 1. The lowest BCUT2D eigenvalue weighted by Crippen LogP contribution is -2.30. The maximum absolute atomic E-state index is 13.5. The molecule has 1 aromatic heterocycles. The fraction of sp³-hybridized carbons (Fsp3) is 0.182. The van der Waals surface area contributed by atoms with Crippen LogP contribution in [0, 0.1) is 6.92 Å². The van der Waals surface area contributed by atoms with Crippen molar-refractivity contribution < 1.29 is 19.0 Å². The number of thioether (sulfide) groups is 1. The highest BCUT2D eigenvalue weighted by molar-refractivity contribution is 8.26. The number of nitrogens with zero attached hydrogens (tertiary/aromatic N) is 3. The van der Waals surface area contributed by atoms with Crippen LogP contribution in [0.25, 0.3) is 23.0 Å². The van der Waals surface area contributed by atoms with Gasteiger partial charge in [-0.1, -0.05) is 60.9 Å². The molecule has 4 aromatic rings. The zero-order valence-electron chi connectivity index (χ0n) is 23.7. The van der Waals surface area contributed by atoms with E-state index in [1.807, 2.05) is 90.6 Å². The number of hydrogen-bond acceptors (Lipinski definition) is 7. The number of ether oxygens (including phenoxy) is 3. The van der Waals surface area contributed by atoms with Crippen molar-refractivity contribution >= 4 is 40.3 Å². The zero-order chi connectivity index (χ0) is 29.6. The van der Waals surface area contributed by atoms with Gasteiger partial charge in [-0.25, -0.2) is 4.68 Å². The molecule has 42 heavy (non-hydrogen) atoms. The summed E-state index contributed by atoms with van der Waals surface area (Å²) in [6.07, 6.45) is 6.17. The predicted octanol–water partition coefficient (Wildman–Crippen LogP) is 6.87. The van der Waals surface area contributed by atoms with E-state index in [0.717, 1.165) is 39.4 Å². The first-order valence-electron chi connectivity index (χ1n) is 13.4. The second-order valence-corrected chi connectivity index (χ2v) is 11.2. The Morgan fingerprint density at radius 1 is 1.00 bits per heavy atom. The average molecular weight is 598 g/mol. The van der Waals surface area contributed by atoms with E-state index in [2.05, 4.69) is 6.58 Å². The molecule has 0 saturated carbocycles. The van der Waals surface area contributed by atoms with E-state index >= 15 is 0 Å². The maximum Gasteiger partial charge on any atom is 0.266 e. The van der Waals surface area contributed by atoms with Gasteiger partial charge in [-0.15, -0.1) is 0 Å². The molecule has 214 valence electrons. The average Bonchev–Trinajstić information content (AvgIpc) is 3.55. The summed E-state index contributed by atoms with van der Waals surface area (Å²) in [6.45, 7) is 6.61. The fourth-order valence-electron chi connectivity index (χ4n) is 4.65. The third kappa shape index (κ3) is 6.27. The molecule has 0 atom stereocenters. The van der Waals surface area contributed by atoms with Crippen molar-refractivity contribution in [3.05, 3.63) is 107 Å². The van der Waals surface area contributed by atoms with Crippen LogP contribution in [0.3, 0.4) is 0 Å². The van der Waals surface area contributed by atoms with Crippen LogP contribution in [0.15, 0.2) is 90.5 Å². The number of carbonyl (C=O) groups excluding carboxylic acids is 1. The highest BCUT2D eigenvalue weighted by Crippen LogP contribution is 2.36. The van der Waals surface area contributed by atoms with Gasteiger partial charge in [0.1, 0.15) is 22.4 Å². The van der Waals surface area contributed by atoms with Crippen molar-refractivity contribution in [2.45, 2.75) is 13.3 Å². The zero-order valence-corrected chi connectivity index (χ0v) is 25.3. The van der Waals surface area contributed by atoms with Crippen molar-refractivity contribution in [2.75, 3.05) is 27.4 Å². The molecule has 1 amide bonds. The van der Waals surface area contributed by atoms with Gasteiger partial charge in [-0.3, -0.25) is 9.69 Å². The molecule has 1 aliphatic heterocycles. The Balaban J connectivity index is 1.43. The second kappa shape index (κ2) is 13.1. The highest BCUT2D eigenvalue weighted by atomic mass is 32.2. The van der Waals surface area contributed by atoms with Crippen LogP contribution >= 0.6 is 24.0 Å². The number of aromatic nitrogens is 2. The van der Waals surface area contributed by atoms with E-state index in [1.165, 1.54) is 11.8 Å². The molecule has 5 rings (SSSR count). The maximum atomic E-state index is 13.5. The molecule has 1 aliphatic rings. The molecule has 0 unspecified atom stereocenters. The van der Waals surface area contributed by atoms with Crippen LogP contribution in [0.2, 0.25) is 0 Å². The Kier molecular flexibility index (Phi) is 9.09. The first kappa shape index (κ1) is 29.2. The lowest BCUT2D eigenvalue weighted by molar-refractivity contribution is -0.122. The Morgan fingerprint density at radius 3 is 2.48 bits per heavy atom. The van der Waals surface area contributed by atoms with E-state index in [9.17, 15) is 4.79 Å². The minimum Gasteiger partial charge on any atom is -0.493 e. The van der Waals surface area contributed by atoms with Crippen LogP contribution in [0.1, 0.15) is 16.7 Å². The van der Waals surface area contributed by atoms with Crippen LogP contribution in [-0.4, -0.2) is 52.3 Å². The van der Waals surface area contributed by atoms with E-state index in [0.29, 0.717) is 40.3 Å². The summed E-state index contributed by atoms with van der Waals surface area (Å²) in [5.74, 6) is 1.99. The van der Waals surface area contributed by atoms with Gasteiger partial charge in [0.15, 0.2) is 11.5 Å². The molecule has 0 spiro atoms. The molecule has 0 radical (unpaired) electrons. The van der Waals surface area contributed by atoms with Crippen molar-refractivity contribution in [1.82, 2.24) is 14.7 Å². The number of methoxy groups -OCH3 is 2. The lowest BCUT2D eigenvalue weighted by atomic mass is 10.0. The van der Waals surface area contributed by atoms with Crippen LogP contribution in [0.4, 0.5) is 0 Å². The van der Waals surface area contributed by atoms with Gasteiger partial charge >= 0.3 is 0 Å². The van der Waals surface area contributed by atoms with E-state index in [4.69, 9.17) is 31.5 Å². The van der Waals surface area contributed by atoms with Crippen LogP contribution < -0.4 is 14.2 Å². The van der Waals surface area contributed by atoms with E-state index < -0.39 is 0 Å². The molecule has 0 bridgehead atoms.